The summed E-state index contributed by atoms with van der Waals surface area (Å²) < 4.78 is 64.5. The lowest BCUT2D eigenvalue weighted by Gasteiger charge is -2.37. The topological polar surface area (TPSA) is 86.5 Å². The number of rotatable bonds is 4. The molecule has 0 amide bonds. The molecule has 0 saturated heterocycles. The second-order valence-corrected chi connectivity index (χ2v) is 6.21. The molecule has 0 unspecified atom stereocenters. The quantitative estimate of drug-likeness (QED) is 0.262. The Morgan fingerprint density at radius 1 is 1.37 bits per heavy atom. The average Bonchev–Trinajstić information content (AvgIpc) is 2.13. The van der Waals surface area contributed by atoms with E-state index in [1.807, 2.05) is 0 Å². The molecule has 11 heteroatoms. The number of hydrogen-bond donors (Lipinski definition) is 0. The van der Waals surface area contributed by atoms with Crippen molar-refractivity contribution in [3.63, 3.8) is 0 Å². The fourth-order valence-electron chi connectivity index (χ4n) is 0.723. The van der Waals surface area contributed by atoms with Crippen LogP contribution in [0.25, 0.3) is 5.53 Å². The molecule has 0 aliphatic heterocycles. The normalized spacial score (nSPS) is 15.9. The van der Waals surface area contributed by atoms with Gasteiger partial charge < -0.3 is 10.3 Å². The van der Waals surface area contributed by atoms with Crippen LogP contribution >= 0.6 is 10.2 Å². The standard InChI is InChI=1S/C8H8F5N3O2S/c1-8(2,3-4-19(9,10,11,12)13)18-7(17)6(5-14)16-15/h3-4H,1-2H3/b4-3+. The van der Waals surface area contributed by atoms with Crippen molar-refractivity contribution in [2.24, 2.45) is 0 Å². The van der Waals surface area contributed by atoms with Gasteiger partial charge in [0.05, 0.1) is 5.41 Å². The Bertz CT molecular complexity index is 524. The number of nitriles is 1. The van der Waals surface area contributed by atoms with Crippen molar-refractivity contribution < 1.29 is 33.8 Å². The summed E-state index contributed by atoms with van der Waals surface area (Å²) >= 11 is 0. The van der Waals surface area contributed by atoms with E-state index in [0.29, 0.717) is 0 Å². The minimum atomic E-state index is -9.77. The average molecular weight is 305 g/mol. The minimum Gasteiger partial charge on any atom is -0.446 e. The Labute approximate surface area is 104 Å². The van der Waals surface area contributed by atoms with Crippen molar-refractivity contribution in [3.05, 3.63) is 17.0 Å². The van der Waals surface area contributed by atoms with E-state index in [-0.39, 0.29) is 6.08 Å². The van der Waals surface area contributed by atoms with Crippen molar-refractivity contribution in [3.8, 4) is 6.07 Å². The summed E-state index contributed by atoms with van der Waals surface area (Å²) in [6, 6.07) is 1.10. The molecule has 0 bridgehead atoms. The Kier molecular flexibility index (Phi) is 3.63. The molecule has 0 aliphatic rings. The molecule has 0 fully saturated rings. The van der Waals surface area contributed by atoms with Crippen LogP contribution < -0.4 is 0 Å². The molecule has 0 saturated carbocycles. The number of esters is 1. The van der Waals surface area contributed by atoms with Gasteiger partial charge in [0.25, 0.3) is 0 Å². The molecule has 5 nitrogen and oxygen atoms in total. The predicted octanol–water partition coefficient (Wildman–Crippen LogP) is 3.31. The fourth-order valence-corrected chi connectivity index (χ4v) is 1.31. The Morgan fingerprint density at radius 2 is 1.84 bits per heavy atom. The molecular weight excluding hydrogens is 297 g/mol. The Morgan fingerprint density at radius 3 is 2.16 bits per heavy atom. The number of ether oxygens (including phenoxy) is 1. The largest absolute Gasteiger partial charge is 0.475 e. The van der Waals surface area contributed by atoms with E-state index in [1.54, 1.807) is 0 Å². The number of hydrogen-bond acceptors (Lipinski definition) is 3. The third-order valence-electron chi connectivity index (χ3n) is 1.48. The van der Waals surface area contributed by atoms with Crippen molar-refractivity contribution in [2.45, 2.75) is 19.4 Å². The second kappa shape index (κ2) is 4.04. The summed E-state index contributed by atoms with van der Waals surface area (Å²) in [5, 5.41) is 7.01. The van der Waals surface area contributed by atoms with Gasteiger partial charge in [0, 0.05) is 0 Å². The summed E-state index contributed by atoms with van der Waals surface area (Å²) in [6.07, 6.45) is -0.0706. The Balaban J connectivity index is 5.17. The van der Waals surface area contributed by atoms with Crippen LogP contribution in [0.15, 0.2) is 11.5 Å². The van der Waals surface area contributed by atoms with E-state index in [0.717, 1.165) is 19.9 Å². The third kappa shape index (κ3) is 7.91. The van der Waals surface area contributed by atoms with Gasteiger partial charge in [-0.3, -0.25) is 0 Å². The van der Waals surface area contributed by atoms with Gasteiger partial charge in [0.2, 0.25) is 0 Å². The minimum absolute atomic E-state index is 0.0706. The van der Waals surface area contributed by atoms with Crippen LogP contribution in [0.5, 0.6) is 0 Å². The smallest absolute Gasteiger partial charge is 0.446 e. The molecule has 0 aromatic carbocycles. The van der Waals surface area contributed by atoms with E-state index >= 15 is 0 Å². The zero-order valence-electron chi connectivity index (χ0n) is 9.61. The van der Waals surface area contributed by atoms with E-state index in [9.17, 15) is 24.2 Å². The monoisotopic (exact) mass is 305 g/mol. The molecule has 0 radical (unpaired) electrons. The first-order valence-electron chi connectivity index (χ1n) is 4.39. The predicted molar refractivity (Wildman–Crippen MR) is 56.7 cm³/mol. The molecule has 0 rings (SSSR count). The van der Waals surface area contributed by atoms with E-state index in [2.05, 4.69) is 9.53 Å². The lowest BCUT2D eigenvalue weighted by molar-refractivity contribution is -0.148. The lowest BCUT2D eigenvalue weighted by Crippen LogP contribution is -2.30. The van der Waals surface area contributed by atoms with Crippen LogP contribution in [0, 0.1) is 11.3 Å². The fraction of sp³-hybridized carbons (Fsp3) is 0.375. The number of carbonyl (C=O) groups excluding carboxylic acids is 1. The first-order chi connectivity index (χ1) is 8.09. The molecule has 19 heavy (non-hydrogen) atoms. The van der Waals surface area contributed by atoms with Gasteiger partial charge in [-0.2, -0.15) is 5.26 Å². The molecule has 108 valence electrons. The summed E-state index contributed by atoms with van der Waals surface area (Å²) in [7, 11) is -9.77. The second-order valence-electron chi connectivity index (χ2n) is 3.88. The van der Waals surface area contributed by atoms with E-state index in [4.69, 9.17) is 10.8 Å². The van der Waals surface area contributed by atoms with Gasteiger partial charge in [0.15, 0.2) is 6.07 Å². The van der Waals surface area contributed by atoms with Crippen molar-refractivity contribution in [2.75, 3.05) is 0 Å². The maximum Gasteiger partial charge on any atom is 0.475 e. The van der Waals surface area contributed by atoms with Crippen LogP contribution in [0.4, 0.5) is 19.4 Å². The summed E-state index contributed by atoms with van der Waals surface area (Å²) in [5.41, 5.74) is 4.97. The van der Waals surface area contributed by atoms with Crippen LogP contribution in [0.1, 0.15) is 13.8 Å². The lowest BCUT2D eigenvalue weighted by atomic mass is 10.1. The van der Waals surface area contributed by atoms with Crippen molar-refractivity contribution in [1.29, 1.82) is 5.26 Å². The van der Waals surface area contributed by atoms with Gasteiger partial charge in [-0.05, 0) is 19.9 Å². The summed E-state index contributed by atoms with van der Waals surface area (Å²) in [5.74, 6) is -1.55. The number of halogens is 5. The maximum absolute atomic E-state index is 12.0. The highest BCUT2D eigenvalue weighted by atomic mass is 32.5. The molecular formula is C8H8F5N3O2S. The highest BCUT2D eigenvalue weighted by molar-refractivity contribution is 8.48. The first-order valence-corrected chi connectivity index (χ1v) is 6.40. The van der Waals surface area contributed by atoms with E-state index < -0.39 is 32.9 Å². The van der Waals surface area contributed by atoms with E-state index in [1.165, 1.54) is 0 Å². The number of nitrogens with zero attached hydrogens (tertiary/aromatic N) is 3. The Hall–Kier alpha value is -1.92. The molecule has 0 atom stereocenters. The third-order valence-corrected chi connectivity index (χ3v) is 2.13. The van der Waals surface area contributed by atoms with Crippen LogP contribution in [0.2, 0.25) is 0 Å². The summed E-state index contributed by atoms with van der Waals surface area (Å²) in [6.45, 7) is 1.74. The van der Waals surface area contributed by atoms with Crippen molar-refractivity contribution in [1.82, 2.24) is 0 Å². The molecule has 0 heterocycles. The zero-order chi connectivity index (χ0) is 15.6. The van der Waals surface area contributed by atoms with Gasteiger partial charge in [-0.1, -0.05) is 19.4 Å². The molecule has 0 aromatic rings. The first kappa shape index (κ1) is 17.1. The molecule has 0 aromatic heterocycles. The van der Waals surface area contributed by atoms with Gasteiger partial charge in [-0.25, -0.2) is 4.79 Å². The highest BCUT2D eigenvalue weighted by Gasteiger charge is 2.61. The molecule has 0 spiro atoms. The molecule has 0 aliphatic carbocycles. The summed E-state index contributed by atoms with van der Waals surface area (Å²) in [4.78, 5) is 13.3. The van der Waals surface area contributed by atoms with Crippen LogP contribution in [-0.4, -0.2) is 22.1 Å². The number of carbonyl (C=O) groups is 1. The van der Waals surface area contributed by atoms with Gasteiger partial charge in [-0.15, -0.1) is 4.79 Å². The van der Waals surface area contributed by atoms with Gasteiger partial charge >= 0.3 is 21.9 Å². The highest BCUT2D eigenvalue weighted by Crippen LogP contribution is 2.99. The van der Waals surface area contributed by atoms with Crippen LogP contribution in [0.3, 0.4) is 0 Å². The SMILES string of the molecule is CC(C)(/C=C/S(F)(F)(F)(F)F)OC(=O)C(C#N)=[N+]=[N-]. The molecule has 0 N–H and O–H groups in total. The maximum atomic E-state index is 12.0. The van der Waals surface area contributed by atoms with Crippen molar-refractivity contribution >= 4 is 21.9 Å². The van der Waals surface area contributed by atoms with Gasteiger partial charge in [0.1, 0.15) is 5.60 Å². The van der Waals surface area contributed by atoms with Crippen LogP contribution in [-0.2, 0) is 9.53 Å². The zero-order valence-corrected chi connectivity index (χ0v) is 10.4.